The third-order valence-electron chi connectivity index (χ3n) is 11.4. The van der Waals surface area contributed by atoms with Crippen LogP contribution in [0.1, 0.15) is 61.1 Å². The van der Waals surface area contributed by atoms with E-state index in [4.69, 9.17) is 16.7 Å². The maximum Gasteiger partial charge on any atom is 0.303 e. The third kappa shape index (κ3) is 6.00. The lowest BCUT2D eigenvalue weighted by Gasteiger charge is -2.50. The summed E-state index contributed by atoms with van der Waals surface area (Å²) in [7, 11) is 0. The Balaban J connectivity index is 1.37. The molecule has 0 aromatic heterocycles. The number of halogens is 2. The summed E-state index contributed by atoms with van der Waals surface area (Å²) in [5, 5.41) is 22.3. The smallest absolute Gasteiger partial charge is 0.303 e. The van der Waals surface area contributed by atoms with Gasteiger partial charge in [-0.2, -0.15) is 5.01 Å². The van der Waals surface area contributed by atoms with Crippen LogP contribution in [-0.2, 0) is 35.8 Å². The predicted octanol–water partition coefficient (Wildman–Crippen LogP) is 6.54. The number of hydrazine groups is 1. The van der Waals surface area contributed by atoms with Crippen molar-refractivity contribution in [3.8, 4) is 5.75 Å². The van der Waals surface area contributed by atoms with Crippen molar-refractivity contribution in [1.82, 2.24) is 9.91 Å². The average Bonchev–Trinajstić information content (AvgIpc) is 3.51. The molecular formula is C41H39ClFN3O7. The van der Waals surface area contributed by atoms with Crippen LogP contribution in [-0.4, -0.2) is 56.3 Å². The number of carbonyl (C=O) groups is 5. The van der Waals surface area contributed by atoms with Gasteiger partial charge in [-0.3, -0.25) is 34.3 Å². The van der Waals surface area contributed by atoms with E-state index >= 15 is 4.79 Å². The number of hydrogen-bond donors (Lipinski definition) is 3. The van der Waals surface area contributed by atoms with Crippen LogP contribution in [0.15, 0.2) is 91.0 Å². The standard InChI is InChI=1S/C41H39ClFN3O7/c1-2-7-23-8-6-9-30(36(23)49)35-28-19-20-29-34(39(52)45(37(29)50)21-5-3-4-10-33(47)48)31(28)22-32-38(51)46(44-27-17-15-26(43)16-18-27)40(53)41(32,35)24-11-13-25(42)14-12-24/h2,6,8-9,11-19,29,31-32,34-35,44,49H,1,3-5,7,10,20-22H2,(H,47,48)/t29-,31+,32-,34-,35+,41+/m0/s1. The van der Waals surface area contributed by atoms with Crippen molar-refractivity contribution in [2.24, 2.45) is 23.7 Å². The monoisotopic (exact) mass is 739 g/mol. The van der Waals surface area contributed by atoms with Gasteiger partial charge in [0.1, 0.15) is 11.6 Å². The Morgan fingerprint density at radius 3 is 2.40 bits per heavy atom. The molecule has 2 heterocycles. The van der Waals surface area contributed by atoms with Crippen LogP contribution in [0.2, 0.25) is 5.02 Å². The molecule has 0 radical (unpaired) electrons. The van der Waals surface area contributed by atoms with Gasteiger partial charge >= 0.3 is 5.97 Å². The lowest BCUT2D eigenvalue weighted by Crippen LogP contribution is -2.53. The number of carboxylic acids is 1. The molecule has 3 N–H and O–H groups in total. The maximum atomic E-state index is 15.3. The summed E-state index contributed by atoms with van der Waals surface area (Å²) in [6, 6.07) is 17.2. The van der Waals surface area contributed by atoms with E-state index < -0.39 is 58.6 Å². The molecule has 274 valence electrons. The van der Waals surface area contributed by atoms with Gasteiger partial charge in [-0.1, -0.05) is 66.1 Å². The van der Waals surface area contributed by atoms with Gasteiger partial charge < -0.3 is 10.2 Å². The molecule has 0 spiro atoms. The van der Waals surface area contributed by atoms with Gasteiger partial charge in [-0.25, -0.2) is 4.39 Å². The number of unbranched alkanes of at least 4 members (excludes halogenated alkanes) is 2. The Morgan fingerprint density at radius 2 is 1.70 bits per heavy atom. The molecule has 0 bridgehead atoms. The zero-order valence-corrected chi connectivity index (χ0v) is 29.6. The zero-order valence-electron chi connectivity index (χ0n) is 28.8. The number of benzene rings is 3. The van der Waals surface area contributed by atoms with E-state index in [2.05, 4.69) is 12.0 Å². The number of allylic oxidation sites excluding steroid dienone is 3. The van der Waals surface area contributed by atoms with E-state index in [1.54, 1.807) is 48.5 Å². The molecule has 3 fully saturated rings. The summed E-state index contributed by atoms with van der Waals surface area (Å²) in [5.74, 6) is -7.34. The van der Waals surface area contributed by atoms with Crippen LogP contribution in [0.5, 0.6) is 5.75 Å². The second-order valence-electron chi connectivity index (χ2n) is 14.3. The first-order valence-corrected chi connectivity index (χ1v) is 18.2. The number of nitrogens with one attached hydrogen (secondary N) is 1. The van der Waals surface area contributed by atoms with Gasteiger partial charge in [0, 0.05) is 29.5 Å². The molecule has 3 aromatic rings. The first-order valence-electron chi connectivity index (χ1n) is 17.8. The molecule has 7 rings (SSSR count). The van der Waals surface area contributed by atoms with Gasteiger partial charge in [0.15, 0.2) is 0 Å². The van der Waals surface area contributed by atoms with E-state index in [9.17, 15) is 28.7 Å². The highest BCUT2D eigenvalue weighted by Gasteiger charge is 2.70. The van der Waals surface area contributed by atoms with Crippen molar-refractivity contribution in [2.45, 2.75) is 56.3 Å². The summed E-state index contributed by atoms with van der Waals surface area (Å²) in [6.07, 6.45) is 5.61. The van der Waals surface area contributed by atoms with E-state index in [1.807, 2.05) is 6.08 Å². The maximum absolute atomic E-state index is 15.3. The number of fused-ring (bicyclic) bond motifs is 4. The molecule has 4 aliphatic rings. The van der Waals surface area contributed by atoms with Crippen molar-refractivity contribution < 1.29 is 38.6 Å². The number of aromatic hydroxyl groups is 1. The van der Waals surface area contributed by atoms with Gasteiger partial charge in [0.05, 0.1) is 28.9 Å². The number of phenolic OH excluding ortho intramolecular Hbond substituents is 1. The Labute approximate surface area is 310 Å². The normalized spacial score (nSPS) is 26.2. The van der Waals surface area contributed by atoms with Gasteiger partial charge in [-0.15, -0.1) is 6.58 Å². The van der Waals surface area contributed by atoms with Crippen LogP contribution in [0, 0.1) is 29.5 Å². The summed E-state index contributed by atoms with van der Waals surface area (Å²) in [6.45, 7) is 3.99. The average molecular weight is 740 g/mol. The van der Waals surface area contributed by atoms with Crippen LogP contribution in [0.4, 0.5) is 10.1 Å². The summed E-state index contributed by atoms with van der Waals surface area (Å²) < 4.78 is 13.9. The van der Waals surface area contributed by atoms with E-state index in [-0.39, 0.29) is 43.4 Å². The predicted molar refractivity (Wildman–Crippen MR) is 194 cm³/mol. The van der Waals surface area contributed by atoms with Crippen molar-refractivity contribution >= 4 is 46.9 Å². The lowest BCUT2D eigenvalue weighted by atomic mass is 9.49. The van der Waals surface area contributed by atoms with Crippen molar-refractivity contribution in [1.29, 1.82) is 0 Å². The molecule has 2 aliphatic heterocycles. The fraction of sp³-hybridized carbons (Fsp3) is 0.341. The highest BCUT2D eigenvalue weighted by atomic mass is 35.5. The third-order valence-corrected chi connectivity index (χ3v) is 11.7. The van der Waals surface area contributed by atoms with Crippen molar-refractivity contribution in [3.05, 3.63) is 119 Å². The van der Waals surface area contributed by atoms with Crippen LogP contribution in [0.25, 0.3) is 0 Å². The fourth-order valence-corrected chi connectivity index (χ4v) is 9.30. The van der Waals surface area contributed by atoms with E-state index in [0.717, 1.165) is 5.01 Å². The highest BCUT2D eigenvalue weighted by Crippen LogP contribution is 2.65. The fourth-order valence-electron chi connectivity index (χ4n) is 9.17. The lowest BCUT2D eigenvalue weighted by molar-refractivity contribution is -0.141. The molecule has 1 saturated carbocycles. The second kappa shape index (κ2) is 14.3. The van der Waals surface area contributed by atoms with E-state index in [1.165, 1.54) is 29.2 Å². The Morgan fingerprint density at radius 1 is 0.962 bits per heavy atom. The first kappa shape index (κ1) is 36.1. The minimum Gasteiger partial charge on any atom is -0.507 e. The van der Waals surface area contributed by atoms with Crippen molar-refractivity contribution in [3.63, 3.8) is 0 Å². The van der Waals surface area contributed by atoms with Crippen LogP contribution >= 0.6 is 11.6 Å². The minimum atomic E-state index is -1.62. The molecule has 2 saturated heterocycles. The number of aliphatic carboxylic acids is 1. The highest BCUT2D eigenvalue weighted by molar-refractivity contribution is 6.30. The quantitative estimate of drug-likeness (QED) is 0.108. The molecule has 2 aliphatic carbocycles. The molecule has 0 unspecified atom stereocenters. The number of phenols is 1. The number of likely N-dealkylation sites (tertiary alicyclic amines) is 1. The number of carbonyl (C=O) groups excluding carboxylic acids is 4. The Bertz CT molecular complexity index is 2030. The Hall–Kier alpha value is -5.29. The number of amides is 4. The largest absolute Gasteiger partial charge is 0.507 e. The summed E-state index contributed by atoms with van der Waals surface area (Å²) in [4.78, 5) is 70.4. The second-order valence-corrected chi connectivity index (χ2v) is 14.7. The van der Waals surface area contributed by atoms with Crippen LogP contribution < -0.4 is 5.43 Å². The summed E-state index contributed by atoms with van der Waals surface area (Å²) in [5.41, 5.74) is 3.75. The molecule has 53 heavy (non-hydrogen) atoms. The van der Waals surface area contributed by atoms with Gasteiger partial charge in [0.2, 0.25) is 11.8 Å². The number of nitrogens with zero attached hydrogens (tertiary/aromatic N) is 2. The van der Waals surface area contributed by atoms with Crippen LogP contribution in [0.3, 0.4) is 0 Å². The first-order chi connectivity index (χ1) is 25.5. The minimum absolute atomic E-state index is 0.00126. The molecule has 6 atom stereocenters. The number of carboxylic acid groups (broad SMARTS) is 1. The Kier molecular flexibility index (Phi) is 9.71. The SMILES string of the molecule is C=CCc1cccc([C@H]2C3=CC[C@@H]4C(=O)N(CCCCCC(=O)O)C(=O)[C@@H]4[C@@H]3C[C@H]3C(=O)N(Nc4ccc(F)cc4)C(=O)[C@@]23c2ccc(Cl)cc2)c1O. The number of anilines is 1. The summed E-state index contributed by atoms with van der Waals surface area (Å²) >= 11 is 6.36. The molecule has 4 amide bonds. The van der Waals surface area contributed by atoms with Crippen molar-refractivity contribution in [2.75, 3.05) is 12.0 Å². The molecule has 3 aromatic carbocycles. The van der Waals surface area contributed by atoms with Gasteiger partial charge in [-0.05, 0) is 85.5 Å². The topological polar surface area (TPSA) is 144 Å². The number of rotatable bonds is 12. The van der Waals surface area contributed by atoms with Gasteiger partial charge in [0.25, 0.3) is 11.8 Å². The van der Waals surface area contributed by atoms with E-state index in [0.29, 0.717) is 58.7 Å². The number of para-hydroxylation sites is 1. The molecular weight excluding hydrogens is 701 g/mol. The zero-order chi connectivity index (χ0) is 37.6. The molecule has 10 nitrogen and oxygen atoms in total. The number of imide groups is 2. The number of hydrogen-bond acceptors (Lipinski definition) is 7. The molecule has 12 heteroatoms.